The molecule has 0 bridgehead atoms. The Labute approximate surface area is 128 Å². The Morgan fingerprint density at radius 3 is 2.53 bits per heavy atom. The third-order valence-corrected chi connectivity index (χ3v) is 5.13. The predicted octanol–water partition coefficient (Wildman–Crippen LogP) is 4.45. The van der Waals surface area contributed by atoms with Crippen LogP contribution in [0.25, 0.3) is 0 Å². The normalized spacial score (nSPS) is 23.6. The molecule has 1 aromatic rings. The first kappa shape index (κ1) is 15.1. The SMILES string of the molecule is CSC1CCC(Nc2cc(Br)nc(C(C)C)n2)CC1. The number of rotatable bonds is 4. The topological polar surface area (TPSA) is 37.8 Å². The highest BCUT2D eigenvalue weighted by atomic mass is 79.9. The van der Waals surface area contributed by atoms with E-state index in [0.717, 1.165) is 21.5 Å². The first-order valence-electron chi connectivity index (χ1n) is 6.92. The van der Waals surface area contributed by atoms with Gasteiger partial charge in [-0.1, -0.05) is 13.8 Å². The van der Waals surface area contributed by atoms with E-state index in [4.69, 9.17) is 0 Å². The van der Waals surface area contributed by atoms with Gasteiger partial charge in [-0.3, -0.25) is 0 Å². The van der Waals surface area contributed by atoms with E-state index in [0.29, 0.717) is 12.0 Å². The van der Waals surface area contributed by atoms with Crippen LogP contribution in [0.15, 0.2) is 10.7 Å². The van der Waals surface area contributed by atoms with Crippen molar-refractivity contribution in [2.75, 3.05) is 11.6 Å². The molecule has 106 valence electrons. The first-order chi connectivity index (χ1) is 9.08. The summed E-state index contributed by atoms with van der Waals surface area (Å²) in [6, 6.07) is 2.54. The summed E-state index contributed by atoms with van der Waals surface area (Å²) in [6.45, 7) is 4.24. The summed E-state index contributed by atoms with van der Waals surface area (Å²) < 4.78 is 0.867. The van der Waals surface area contributed by atoms with E-state index >= 15 is 0 Å². The fourth-order valence-corrected chi connectivity index (χ4v) is 3.56. The van der Waals surface area contributed by atoms with Crippen LogP contribution in [0.2, 0.25) is 0 Å². The van der Waals surface area contributed by atoms with Gasteiger partial charge in [-0.05, 0) is 47.9 Å². The molecule has 0 aliphatic heterocycles. The minimum absolute atomic E-state index is 0.352. The largest absolute Gasteiger partial charge is 0.367 e. The zero-order valence-electron chi connectivity index (χ0n) is 11.8. The quantitative estimate of drug-likeness (QED) is 0.819. The van der Waals surface area contributed by atoms with Crippen molar-refractivity contribution in [3.8, 4) is 0 Å². The van der Waals surface area contributed by atoms with Crippen LogP contribution in [0, 0.1) is 0 Å². The number of thioether (sulfide) groups is 1. The molecule has 3 nitrogen and oxygen atoms in total. The Balaban J connectivity index is 1.99. The van der Waals surface area contributed by atoms with Gasteiger partial charge in [0.1, 0.15) is 16.2 Å². The molecule has 19 heavy (non-hydrogen) atoms. The molecule has 1 saturated carbocycles. The van der Waals surface area contributed by atoms with Crippen molar-refractivity contribution in [2.45, 2.75) is 56.7 Å². The number of anilines is 1. The number of hydrogen-bond donors (Lipinski definition) is 1. The van der Waals surface area contributed by atoms with Crippen molar-refractivity contribution in [2.24, 2.45) is 0 Å². The van der Waals surface area contributed by atoms with E-state index in [1.165, 1.54) is 25.7 Å². The highest BCUT2D eigenvalue weighted by Gasteiger charge is 2.20. The summed E-state index contributed by atoms with van der Waals surface area (Å²) in [5, 5.41) is 4.42. The Morgan fingerprint density at radius 1 is 1.26 bits per heavy atom. The Bertz CT molecular complexity index is 417. The Hall–Kier alpha value is -0.290. The van der Waals surface area contributed by atoms with Gasteiger partial charge in [0.2, 0.25) is 0 Å². The van der Waals surface area contributed by atoms with Gasteiger partial charge in [-0.15, -0.1) is 0 Å². The number of aromatic nitrogens is 2. The molecule has 1 N–H and O–H groups in total. The monoisotopic (exact) mass is 343 g/mol. The fraction of sp³-hybridized carbons (Fsp3) is 0.714. The fourth-order valence-electron chi connectivity index (χ4n) is 2.42. The summed E-state index contributed by atoms with van der Waals surface area (Å²) in [7, 11) is 0. The van der Waals surface area contributed by atoms with Crippen molar-refractivity contribution in [3.63, 3.8) is 0 Å². The van der Waals surface area contributed by atoms with E-state index in [-0.39, 0.29) is 0 Å². The molecule has 1 aromatic heterocycles. The molecule has 0 saturated heterocycles. The molecule has 0 amide bonds. The lowest BCUT2D eigenvalue weighted by molar-refractivity contribution is 0.472. The highest BCUT2D eigenvalue weighted by Crippen LogP contribution is 2.29. The first-order valence-corrected chi connectivity index (χ1v) is 9.00. The average molecular weight is 344 g/mol. The Kier molecular flexibility index (Phi) is 5.51. The summed E-state index contributed by atoms with van der Waals surface area (Å²) >= 11 is 5.47. The second-order valence-corrected chi connectivity index (χ2v) is 7.39. The van der Waals surface area contributed by atoms with Crippen LogP contribution < -0.4 is 5.32 Å². The van der Waals surface area contributed by atoms with E-state index in [9.17, 15) is 0 Å². The number of halogens is 1. The average Bonchev–Trinajstić information content (AvgIpc) is 2.39. The van der Waals surface area contributed by atoms with Crippen molar-refractivity contribution < 1.29 is 0 Å². The molecule has 0 spiro atoms. The lowest BCUT2D eigenvalue weighted by Crippen LogP contribution is -2.27. The van der Waals surface area contributed by atoms with Gasteiger partial charge < -0.3 is 5.32 Å². The second kappa shape index (κ2) is 6.93. The van der Waals surface area contributed by atoms with E-state index in [1.807, 2.05) is 17.8 Å². The van der Waals surface area contributed by atoms with Crippen LogP contribution >= 0.6 is 27.7 Å². The lowest BCUT2D eigenvalue weighted by Gasteiger charge is -2.28. The van der Waals surface area contributed by atoms with Crippen molar-refractivity contribution >= 4 is 33.5 Å². The minimum Gasteiger partial charge on any atom is -0.367 e. The lowest BCUT2D eigenvalue weighted by atomic mass is 9.95. The molecule has 1 fully saturated rings. The molecule has 1 aliphatic carbocycles. The number of nitrogens with one attached hydrogen (secondary N) is 1. The van der Waals surface area contributed by atoms with Crippen LogP contribution in [0.5, 0.6) is 0 Å². The predicted molar refractivity (Wildman–Crippen MR) is 87.0 cm³/mol. The molecule has 1 heterocycles. The maximum absolute atomic E-state index is 4.61. The zero-order chi connectivity index (χ0) is 13.8. The van der Waals surface area contributed by atoms with Gasteiger partial charge in [-0.2, -0.15) is 11.8 Å². The minimum atomic E-state index is 0.352. The highest BCUT2D eigenvalue weighted by molar-refractivity contribution is 9.10. The Morgan fingerprint density at radius 2 is 1.95 bits per heavy atom. The summed E-state index contributed by atoms with van der Waals surface area (Å²) in [5.74, 6) is 2.21. The summed E-state index contributed by atoms with van der Waals surface area (Å²) in [5.41, 5.74) is 0. The maximum atomic E-state index is 4.61. The molecule has 5 heteroatoms. The molecule has 0 radical (unpaired) electrons. The third-order valence-electron chi connectivity index (χ3n) is 3.59. The van der Waals surface area contributed by atoms with Gasteiger partial charge in [-0.25, -0.2) is 9.97 Å². The van der Waals surface area contributed by atoms with Crippen LogP contribution in [0.4, 0.5) is 5.82 Å². The molecule has 2 rings (SSSR count). The van der Waals surface area contributed by atoms with Gasteiger partial charge in [0.05, 0.1) is 0 Å². The van der Waals surface area contributed by atoms with Crippen molar-refractivity contribution in [1.29, 1.82) is 0 Å². The van der Waals surface area contributed by atoms with Gasteiger partial charge >= 0.3 is 0 Å². The van der Waals surface area contributed by atoms with Crippen LogP contribution in [0.3, 0.4) is 0 Å². The smallest absolute Gasteiger partial charge is 0.134 e. The number of nitrogens with zero attached hydrogens (tertiary/aromatic N) is 2. The van der Waals surface area contributed by atoms with Crippen LogP contribution in [-0.2, 0) is 0 Å². The summed E-state index contributed by atoms with van der Waals surface area (Å²) in [6.07, 6.45) is 7.31. The third kappa shape index (κ3) is 4.35. The van der Waals surface area contributed by atoms with Crippen LogP contribution in [-0.4, -0.2) is 27.5 Å². The van der Waals surface area contributed by atoms with Gasteiger partial charge in [0.15, 0.2) is 0 Å². The molecule has 0 unspecified atom stereocenters. The van der Waals surface area contributed by atoms with Gasteiger partial charge in [0, 0.05) is 23.3 Å². The van der Waals surface area contributed by atoms with Crippen LogP contribution in [0.1, 0.15) is 51.3 Å². The molecule has 0 atom stereocenters. The van der Waals surface area contributed by atoms with Gasteiger partial charge in [0.25, 0.3) is 0 Å². The maximum Gasteiger partial charge on any atom is 0.134 e. The summed E-state index contributed by atoms with van der Waals surface area (Å²) in [4.78, 5) is 9.02. The molecule has 1 aliphatic rings. The van der Waals surface area contributed by atoms with Crippen molar-refractivity contribution in [3.05, 3.63) is 16.5 Å². The molecule has 0 aromatic carbocycles. The second-order valence-electron chi connectivity index (χ2n) is 5.44. The number of hydrogen-bond acceptors (Lipinski definition) is 4. The van der Waals surface area contributed by atoms with E-state index in [1.54, 1.807) is 0 Å². The van der Waals surface area contributed by atoms with E-state index in [2.05, 4.69) is 51.3 Å². The molecular formula is C14H22BrN3S. The standard InChI is InChI=1S/C14H22BrN3S/c1-9(2)14-17-12(15)8-13(18-14)16-10-4-6-11(19-3)7-5-10/h8-11H,4-7H2,1-3H3,(H,16,17,18). The van der Waals surface area contributed by atoms with E-state index < -0.39 is 0 Å². The molecular weight excluding hydrogens is 322 g/mol. The zero-order valence-corrected chi connectivity index (χ0v) is 14.2. The van der Waals surface area contributed by atoms with Crippen molar-refractivity contribution in [1.82, 2.24) is 9.97 Å².